The van der Waals surface area contributed by atoms with Crippen molar-refractivity contribution >= 4 is 35.3 Å². The molecule has 4 rings (SSSR count). The van der Waals surface area contributed by atoms with E-state index in [-0.39, 0.29) is 23.4 Å². The van der Waals surface area contributed by atoms with Crippen molar-refractivity contribution in [1.29, 1.82) is 0 Å². The molecule has 1 aliphatic rings. The highest BCUT2D eigenvalue weighted by atomic mass is 35.5. The molecule has 14 nitrogen and oxygen atoms in total. The summed E-state index contributed by atoms with van der Waals surface area (Å²) in [6, 6.07) is 5.52. The average molecular weight is 544 g/mol. The molecule has 1 aliphatic heterocycles. The van der Waals surface area contributed by atoms with Gasteiger partial charge >= 0.3 is 0 Å². The Labute approximate surface area is 219 Å². The summed E-state index contributed by atoms with van der Waals surface area (Å²) >= 11 is 0. The van der Waals surface area contributed by atoms with E-state index in [9.17, 15) is 15.0 Å². The number of carbonyl (C=O) groups is 1. The maximum Gasteiger partial charge on any atom is 0.237 e. The molecule has 3 aromatic rings. The van der Waals surface area contributed by atoms with Crippen LogP contribution in [-0.4, -0.2) is 98.7 Å². The lowest BCUT2D eigenvalue weighted by Crippen LogP contribution is -2.53. The summed E-state index contributed by atoms with van der Waals surface area (Å²) in [5, 5.41) is 23.6. The number of fused-ring (bicyclic) bond motifs is 1. The third-order valence-electron chi connectivity index (χ3n) is 5.85. The van der Waals surface area contributed by atoms with Gasteiger partial charge in [0.1, 0.15) is 24.3 Å². The van der Waals surface area contributed by atoms with Crippen LogP contribution < -0.4 is 20.7 Å². The number of methoxy groups -OCH3 is 1. The molecular weight excluding hydrogens is 510 g/mol. The second-order valence-electron chi connectivity index (χ2n) is 8.35. The lowest BCUT2D eigenvalue weighted by Gasteiger charge is -2.23. The van der Waals surface area contributed by atoms with Crippen LogP contribution >= 0.6 is 12.4 Å². The van der Waals surface area contributed by atoms with Crippen LogP contribution in [0.2, 0.25) is 0 Å². The van der Waals surface area contributed by atoms with E-state index in [1.165, 1.54) is 12.7 Å². The largest absolute Gasteiger partial charge is 0.497 e. The van der Waals surface area contributed by atoms with Crippen LogP contribution in [0, 0.1) is 0 Å². The molecule has 5 unspecified atom stereocenters. The van der Waals surface area contributed by atoms with Crippen molar-refractivity contribution in [3.05, 3.63) is 42.5 Å². The van der Waals surface area contributed by atoms with Crippen LogP contribution in [0.15, 0.2) is 36.9 Å². The lowest BCUT2D eigenvalue weighted by atomic mass is 10.0. The Hall–Kier alpha value is -3.11. The molecule has 9 N–H and O–H groups in total. The third kappa shape index (κ3) is 6.42. The van der Waals surface area contributed by atoms with Gasteiger partial charge in [0, 0.05) is 14.1 Å². The van der Waals surface area contributed by atoms with E-state index < -0.39 is 43.0 Å². The Morgan fingerprint density at radius 1 is 1.24 bits per heavy atom. The van der Waals surface area contributed by atoms with E-state index in [0.717, 1.165) is 5.56 Å². The summed E-state index contributed by atoms with van der Waals surface area (Å²) in [5.74, 6) is 0.861. The Bertz CT molecular complexity index is 1150. The van der Waals surface area contributed by atoms with Crippen molar-refractivity contribution in [2.24, 2.45) is 5.73 Å². The Morgan fingerprint density at radius 2 is 1.92 bits per heavy atom. The minimum absolute atomic E-state index is 0. The molecule has 37 heavy (non-hydrogen) atoms. The number of rotatable bonds is 8. The van der Waals surface area contributed by atoms with Gasteiger partial charge in [0.2, 0.25) is 5.91 Å². The van der Waals surface area contributed by atoms with Crippen LogP contribution in [0.1, 0.15) is 11.8 Å². The minimum atomic E-state index is -1.18. The fraction of sp³-hybridized carbons (Fsp3) is 0.455. The van der Waals surface area contributed by atoms with Gasteiger partial charge in [-0.15, -0.1) is 12.4 Å². The number of nitrogens with two attached hydrogens (primary N) is 1. The number of nitrogens with one attached hydrogen (secondary N) is 1. The topological polar surface area (TPSA) is 224 Å². The van der Waals surface area contributed by atoms with E-state index >= 15 is 0 Å². The number of amides is 1. The van der Waals surface area contributed by atoms with Crippen molar-refractivity contribution in [3.63, 3.8) is 0 Å². The summed E-state index contributed by atoms with van der Waals surface area (Å²) in [6.07, 6.45) is 0.250. The zero-order valence-corrected chi connectivity index (χ0v) is 21.4. The maximum atomic E-state index is 12.8. The summed E-state index contributed by atoms with van der Waals surface area (Å²) in [4.78, 5) is 27.5. The van der Waals surface area contributed by atoms with E-state index in [2.05, 4.69) is 20.3 Å². The van der Waals surface area contributed by atoms with Gasteiger partial charge in [-0.1, -0.05) is 12.1 Å². The van der Waals surface area contributed by atoms with E-state index in [4.69, 9.17) is 15.2 Å². The molecule has 0 saturated carbocycles. The number of aromatic nitrogens is 4. The molecule has 0 spiro atoms. The molecule has 3 heterocycles. The van der Waals surface area contributed by atoms with Crippen molar-refractivity contribution in [1.82, 2.24) is 24.8 Å². The second-order valence-corrected chi connectivity index (χ2v) is 8.35. The molecule has 1 amide bonds. The summed E-state index contributed by atoms with van der Waals surface area (Å²) in [7, 11) is 5.25. The first-order valence-electron chi connectivity index (χ1n) is 10.8. The fourth-order valence-electron chi connectivity index (χ4n) is 4.04. The first-order valence-corrected chi connectivity index (χ1v) is 10.8. The number of ether oxygens (including phenoxy) is 2. The van der Waals surface area contributed by atoms with Gasteiger partial charge in [-0.3, -0.25) is 9.36 Å². The van der Waals surface area contributed by atoms with Gasteiger partial charge in [-0.25, -0.2) is 15.0 Å². The number of halogens is 1. The monoisotopic (exact) mass is 543 g/mol. The molecule has 206 valence electrons. The summed E-state index contributed by atoms with van der Waals surface area (Å²) in [5.41, 5.74) is 7.98. The van der Waals surface area contributed by atoms with Crippen LogP contribution in [0.25, 0.3) is 11.2 Å². The second kappa shape index (κ2) is 13.4. The number of carbonyl (C=O) groups excluding carboxylic acids is 1. The third-order valence-corrected chi connectivity index (χ3v) is 5.85. The van der Waals surface area contributed by atoms with Crippen LogP contribution in [0.3, 0.4) is 0 Å². The molecule has 1 aromatic carbocycles. The van der Waals surface area contributed by atoms with Crippen LogP contribution in [0.5, 0.6) is 5.75 Å². The standard InChI is InChI=1S/C22H29N7O5.ClH.2H2O/c1-28(2)19-17-20(25-10-24-19)29(11-26-17)22-18(31)16(15(9-30)34-22)27-21(32)14(23)8-12-4-6-13(33-3)7-5-12;;;/h4-7,10-11,14-16,18,22,30-31H,8-9,23H2,1-3H3,(H,27,32);1H;2*1H2. The zero-order valence-electron chi connectivity index (χ0n) is 20.6. The van der Waals surface area contributed by atoms with Gasteiger partial charge < -0.3 is 46.6 Å². The molecule has 0 aliphatic carbocycles. The number of aliphatic hydroxyl groups excluding tert-OH is 2. The first-order chi connectivity index (χ1) is 16.3. The lowest BCUT2D eigenvalue weighted by molar-refractivity contribution is -0.124. The van der Waals surface area contributed by atoms with Crippen LogP contribution in [-0.2, 0) is 16.0 Å². The van der Waals surface area contributed by atoms with E-state index in [1.807, 2.05) is 26.2 Å². The number of aliphatic hydroxyl groups is 2. The predicted molar refractivity (Wildman–Crippen MR) is 138 cm³/mol. The average Bonchev–Trinajstić information content (AvgIpc) is 3.40. The van der Waals surface area contributed by atoms with Crippen molar-refractivity contribution in [3.8, 4) is 5.75 Å². The molecule has 0 bridgehead atoms. The SMILES string of the molecule is COc1ccc(CC(N)C(=O)NC2C(CO)OC(n3cnc4c(N(C)C)ncnc43)C2O)cc1.Cl.O.O. The van der Waals surface area contributed by atoms with E-state index in [1.54, 1.807) is 28.7 Å². The van der Waals surface area contributed by atoms with Crippen molar-refractivity contribution < 1.29 is 35.4 Å². The van der Waals surface area contributed by atoms with Crippen molar-refractivity contribution in [2.75, 3.05) is 32.7 Å². The molecule has 1 fully saturated rings. The number of hydrogen-bond acceptors (Lipinski definition) is 10. The van der Waals surface area contributed by atoms with Crippen LogP contribution in [0.4, 0.5) is 5.82 Å². The smallest absolute Gasteiger partial charge is 0.237 e. The number of benzene rings is 1. The Morgan fingerprint density at radius 3 is 2.51 bits per heavy atom. The van der Waals surface area contributed by atoms with Gasteiger partial charge in [-0.05, 0) is 24.1 Å². The zero-order chi connectivity index (χ0) is 24.4. The van der Waals surface area contributed by atoms with Gasteiger partial charge in [0.25, 0.3) is 0 Å². The molecule has 0 radical (unpaired) electrons. The van der Waals surface area contributed by atoms with E-state index in [0.29, 0.717) is 29.2 Å². The normalized spacial score (nSPS) is 21.2. The Kier molecular flexibility index (Phi) is 11.6. The van der Waals surface area contributed by atoms with Gasteiger partial charge in [0.15, 0.2) is 23.2 Å². The first kappa shape index (κ1) is 31.9. The molecule has 2 aromatic heterocycles. The minimum Gasteiger partial charge on any atom is -0.497 e. The highest BCUT2D eigenvalue weighted by molar-refractivity contribution is 5.85. The highest BCUT2D eigenvalue weighted by Crippen LogP contribution is 2.32. The summed E-state index contributed by atoms with van der Waals surface area (Å²) in [6.45, 7) is -0.406. The summed E-state index contributed by atoms with van der Waals surface area (Å²) < 4.78 is 12.6. The predicted octanol–water partition coefficient (Wildman–Crippen LogP) is -2.02. The molecular formula is C22H34ClN7O7. The number of anilines is 1. The number of imidazole rings is 1. The quantitative estimate of drug-likeness (QED) is 0.244. The molecule has 15 heteroatoms. The number of nitrogens with zero attached hydrogens (tertiary/aromatic N) is 5. The fourth-order valence-corrected chi connectivity index (χ4v) is 4.04. The highest BCUT2D eigenvalue weighted by Gasteiger charge is 2.46. The molecule has 5 atom stereocenters. The van der Waals surface area contributed by atoms with Gasteiger partial charge in [-0.2, -0.15) is 0 Å². The maximum absolute atomic E-state index is 12.8. The Balaban J connectivity index is 0.00000228. The van der Waals surface area contributed by atoms with Gasteiger partial charge in [0.05, 0.1) is 32.1 Å². The van der Waals surface area contributed by atoms with Crippen molar-refractivity contribution in [2.45, 2.75) is 36.9 Å². The number of hydrogen-bond donors (Lipinski definition) is 4. The molecule has 1 saturated heterocycles.